The molecule has 2 N–H and O–H groups in total. The molecule has 1 atom stereocenters. The predicted octanol–water partition coefficient (Wildman–Crippen LogP) is 2.35. The number of benzene rings is 1. The first kappa shape index (κ1) is 16.7. The zero-order chi connectivity index (χ0) is 16.5. The quantitative estimate of drug-likeness (QED) is 0.634. The molecule has 0 aliphatic carbocycles. The van der Waals surface area contributed by atoms with Gasteiger partial charge < -0.3 is 15.4 Å². The Balaban J connectivity index is 1.75. The van der Waals surface area contributed by atoms with Gasteiger partial charge in [0.15, 0.2) is 5.96 Å². The van der Waals surface area contributed by atoms with Crippen molar-refractivity contribution >= 4 is 5.96 Å². The van der Waals surface area contributed by atoms with Crippen LogP contribution in [0.15, 0.2) is 53.7 Å². The van der Waals surface area contributed by atoms with E-state index in [0.29, 0.717) is 24.8 Å². The van der Waals surface area contributed by atoms with E-state index in [1.165, 1.54) is 12.1 Å². The maximum atomic E-state index is 12.9. The number of rotatable bonds is 6. The third-order valence-corrected chi connectivity index (χ3v) is 3.09. The number of nitrogens with zero attached hydrogens (tertiary/aromatic N) is 2. The van der Waals surface area contributed by atoms with E-state index in [4.69, 9.17) is 4.74 Å². The van der Waals surface area contributed by atoms with Gasteiger partial charge in [-0.1, -0.05) is 6.07 Å². The van der Waals surface area contributed by atoms with Crippen LogP contribution in [-0.4, -0.2) is 30.6 Å². The fourth-order valence-corrected chi connectivity index (χ4v) is 1.93. The van der Waals surface area contributed by atoms with Gasteiger partial charge in [0, 0.05) is 13.2 Å². The topological polar surface area (TPSA) is 58.5 Å². The highest BCUT2D eigenvalue weighted by atomic mass is 19.1. The monoisotopic (exact) mass is 316 g/mol. The average molecular weight is 316 g/mol. The van der Waals surface area contributed by atoms with E-state index in [1.807, 2.05) is 25.1 Å². The van der Waals surface area contributed by atoms with Crippen LogP contribution in [-0.2, 0) is 6.54 Å². The summed E-state index contributed by atoms with van der Waals surface area (Å²) in [5, 5.41) is 6.37. The van der Waals surface area contributed by atoms with Crippen LogP contribution in [0, 0.1) is 5.82 Å². The largest absolute Gasteiger partial charge is 0.489 e. The molecule has 2 aromatic rings. The van der Waals surface area contributed by atoms with Crippen LogP contribution in [0.2, 0.25) is 0 Å². The molecule has 0 saturated heterocycles. The predicted molar refractivity (Wildman–Crippen MR) is 88.9 cm³/mol. The van der Waals surface area contributed by atoms with Crippen LogP contribution in [0.5, 0.6) is 5.75 Å². The van der Waals surface area contributed by atoms with Gasteiger partial charge in [0.25, 0.3) is 0 Å². The van der Waals surface area contributed by atoms with Crippen molar-refractivity contribution in [2.24, 2.45) is 4.99 Å². The molecule has 5 nitrogen and oxygen atoms in total. The third kappa shape index (κ3) is 5.94. The first-order valence-electron chi connectivity index (χ1n) is 7.44. The third-order valence-electron chi connectivity index (χ3n) is 3.09. The Hall–Kier alpha value is -2.63. The second-order valence-corrected chi connectivity index (χ2v) is 5.01. The highest BCUT2D eigenvalue weighted by molar-refractivity contribution is 5.79. The summed E-state index contributed by atoms with van der Waals surface area (Å²) in [6.45, 7) is 3.09. The van der Waals surface area contributed by atoms with Crippen LogP contribution in [0.25, 0.3) is 0 Å². The van der Waals surface area contributed by atoms with Crippen LogP contribution in [0.3, 0.4) is 0 Å². The molecule has 0 amide bonds. The molecule has 1 aromatic heterocycles. The lowest BCUT2D eigenvalue weighted by atomic mass is 10.3. The number of hydrogen-bond acceptors (Lipinski definition) is 3. The van der Waals surface area contributed by atoms with E-state index >= 15 is 0 Å². The van der Waals surface area contributed by atoms with Gasteiger partial charge in [0.1, 0.15) is 17.7 Å². The van der Waals surface area contributed by atoms with Crippen molar-refractivity contribution in [3.05, 3.63) is 60.2 Å². The van der Waals surface area contributed by atoms with Crippen molar-refractivity contribution in [3.8, 4) is 5.75 Å². The standard InChI is InChI=1S/C17H21FN4O/c1-13(23-16-8-6-14(18)7-9-16)11-21-17(19-2)22-12-15-5-3-4-10-20-15/h3-10,13H,11-12H2,1-2H3,(H2,19,21,22). The molecule has 122 valence electrons. The summed E-state index contributed by atoms with van der Waals surface area (Å²) in [5.74, 6) is 1.03. The van der Waals surface area contributed by atoms with E-state index in [9.17, 15) is 4.39 Å². The molecule has 0 spiro atoms. The van der Waals surface area contributed by atoms with Gasteiger partial charge in [-0.3, -0.25) is 9.98 Å². The Bertz CT molecular complexity index is 616. The smallest absolute Gasteiger partial charge is 0.191 e. The van der Waals surface area contributed by atoms with E-state index in [0.717, 1.165) is 5.69 Å². The Labute approximate surface area is 135 Å². The van der Waals surface area contributed by atoms with Gasteiger partial charge in [0.05, 0.1) is 18.8 Å². The second kappa shape index (κ2) is 8.73. The molecule has 1 heterocycles. The molecule has 0 bridgehead atoms. The lowest BCUT2D eigenvalue weighted by Crippen LogP contribution is -2.41. The summed E-state index contributed by atoms with van der Waals surface area (Å²) < 4.78 is 18.6. The van der Waals surface area contributed by atoms with Gasteiger partial charge in [-0.2, -0.15) is 0 Å². The molecular weight excluding hydrogens is 295 g/mol. The van der Waals surface area contributed by atoms with Gasteiger partial charge in [0.2, 0.25) is 0 Å². The summed E-state index contributed by atoms with van der Waals surface area (Å²) in [6.07, 6.45) is 1.67. The van der Waals surface area contributed by atoms with Gasteiger partial charge in [-0.15, -0.1) is 0 Å². The molecule has 1 unspecified atom stereocenters. The van der Waals surface area contributed by atoms with Crippen molar-refractivity contribution in [1.29, 1.82) is 0 Å². The maximum absolute atomic E-state index is 12.9. The van der Waals surface area contributed by atoms with E-state index in [1.54, 1.807) is 25.4 Å². The minimum Gasteiger partial charge on any atom is -0.489 e. The van der Waals surface area contributed by atoms with Crippen LogP contribution < -0.4 is 15.4 Å². The SMILES string of the molecule is CN=C(NCc1ccccn1)NCC(C)Oc1ccc(F)cc1. The molecule has 23 heavy (non-hydrogen) atoms. The van der Waals surface area contributed by atoms with E-state index < -0.39 is 0 Å². The normalized spacial score (nSPS) is 12.6. The summed E-state index contributed by atoms with van der Waals surface area (Å²) in [7, 11) is 1.71. The Morgan fingerprint density at radius 1 is 1.22 bits per heavy atom. The van der Waals surface area contributed by atoms with Crippen molar-refractivity contribution in [2.45, 2.75) is 19.6 Å². The molecular formula is C17H21FN4O. The van der Waals surface area contributed by atoms with Crippen molar-refractivity contribution in [1.82, 2.24) is 15.6 Å². The van der Waals surface area contributed by atoms with Crippen molar-refractivity contribution in [2.75, 3.05) is 13.6 Å². The van der Waals surface area contributed by atoms with E-state index in [2.05, 4.69) is 20.6 Å². The summed E-state index contributed by atoms with van der Waals surface area (Å²) in [5.41, 5.74) is 0.936. The molecule has 1 aromatic carbocycles. The first-order valence-corrected chi connectivity index (χ1v) is 7.44. The molecule has 0 radical (unpaired) electrons. The number of hydrogen-bond donors (Lipinski definition) is 2. The minimum atomic E-state index is -0.276. The Morgan fingerprint density at radius 2 is 2.00 bits per heavy atom. The highest BCUT2D eigenvalue weighted by Gasteiger charge is 2.06. The van der Waals surface area contributed by atoms with Crippen LogP contribution in [0.1, 0.15) is 12.6 Å². The number of guanidine groups is 1. The highest BCUT2D eigenvalue weighted by Crippen LogP contribution is 2.12. The summed E-state index contributed by atoms with van der Waals surface area (Å²) in [6, 6.07) is 11.7. The lowest BCUT2D eigenvalue weighted by Gasteiger charge is -2.17. The summed E-state index contributed by atoms with van der Waals surface area (Å²) in [4.78, 5) is 8.40. The minimum absolute atomic E-state index is 0.0890. The molecule has 0 fully saturated rings. The lowest BCUT2D eigenvalue weighted by molar-refractivity contribution is 0.223. The zero-order valence-electron chi connectivity index (χ0n) is 13.3. The Morgan fingerprint density at radius 3 is 2.65 bits per heavy atom. The average Bonchev–Trinajstić information content (AvgIpc) is 2.58. The number of aromatic nitrogens is 1. The fraction of sp³-hybridized carbons (Fsp3) is 0.294. The number of aliphatic imine (C=N–C) groups is 1. The summed E-state index contributed by atoms with van der Waals surface area (Å²) >= 11 is 0. The van der Waals surface area contributed by atoms with Gasteiger partial charge in [-0.25, -0.2) is 4.39 Å². The first-order chi connectivity index (χ1) is 11.2. The van der Waals surface area contributed by atoms with Crippen LogP contribution in [0.4, 0.5) is 4.39 Å². The molecule has 0 aliphatic rings. The number of ether oxygens (including phenoxy) is 1. The van der Waals surface area contributed by atoms with E-state index in [-0.39, 0.29) is 11.9 Å². The van der Waals surface area contributed by atoms with Gasteiger partial charge in [-0.05, 0) is 43.3 Å². The molecule has 2 rings (SSSR count). The van der Waals surface area contributed by atoms with Crippen molar-refractivity contribution in [3.63, 3.8) is 0 Å². The number of halogens is 1. The van der Waals surface area contributed by atoms with Crippen molar-refractivity contribution < 1.29 is 9.13 Å². The molecule has 0 aliphatic heterocycles. The van der Waals surface area contributed by atoms with Gasteiger partial charge >= 0.3 is 0 Å². The number of pyridine rings is 1. The Kier molecular flexibility index (Phi) is 6.35. The second-order valence-electron chi connectivity index (χ2n) is 5.01. The zero-order valence-corrected chi connectivity index (χ0v) is 13.3. The maximum Gasteiger partial charge on any atom is 0.191 e. The number of nitrogens with one attached hydrogen (secondary N) is 2. The van der Waals surface area contributed by atoms with Crippen LogP contribution >= 0.6 is 0 Å². The molecule has 0 saturated carbocycles. The fourth-order valence-electron chi connectivity index (χ4n) is 1.93. The molecule has 6 heteroatoms.